The SMILES string of the molecule is CC(C)CNCCc1nnc(CC(C)C(C)(C)C)s1. The van der Waals surface area contributed by atoms with Crippen LogP contribution in [-0.4, -0.2) is 23.3 Å². The third kappa shape index (κ3) is 6.48. The van der Waals surface area contributed by atoms with Gasteiger partial charge in [-0.2, -0.15) is 0 Å². The molecule has 1 heterocycles. The Bertz CT molecular complexity index is 366. The summed E-state index contributed by atoms with van der Waals surface area (Å²) in [6.45, 7) is 15.7. The Labute approximate surface area is 122 Å². The molecule has 1 atom stereocenters. The second-order valence-electron chi connectivity index (χ2n) is 6.91. The monoisotopic (exact) mass is 283 g/mol. The van der Waals surface area contributed by atoms with Crippen molar-refractivity contribution in [2.45, 2.75) is 54.4 Å². The largest absolute Gasteiger partial charge is 0.316 e. The average Bonchev–Trinajstić information content (AvgIpc) is 2.70. The van der Waals surface area contributed by atoms with Gasteiger partial charge in [0.2, 0.25) is 0 Å². The lowest BCUT2D eigenvalue weighted by Crippen LogP contribution is -2.22. The van der Waals surface area contributed by atoms with Crippen molar-refractivity contribution in [1.82, 2.24) is 15.5 Å². The van der Waals surface area contributed by atoms with Crippen LogP contribution in [0.2, 0.25) is 0 Å². The first kappa shape index (κ1) is 16.6. The molecule has 1 aromatic rings. The molecule has 0 fully saturated rings. The summed E-state index contributed by atoms with van der Waals surface area (Å²) in [5.41, 5.74) is 0.338. The standard InChI is InChI=1S/C15H29N3S/c1-11(2)10-16-8-7-13-17-18-14(19-13)9-12(3)15(4,5)6/h11-12,16H,7-10H2,1-6H3. The fraction of sp³-hybridized carbons (Fsp3) is 0.867. The van der Waals surface area contributed by atoms with Gasteiger partial charge in [0.05, 0.1) is 0 Å². The van der Waals surface area contributed by atoms with Crippen molar-refractivity contribution in [3.8, 4) is 0 Å². The third-order valence-corrected chi connectivity index (χ3v) is 4.54. The van der Waals surface area contributed by atoms with Gasteiger partial charge in [0.25, 0.3) is 0 Å². The van der Waals surface area contributed by atoms with E-state index in [0.29, 0.717) is 17.3 Å². The lowest BCUT2D eigenvalue weighted by atomic mass is 9.80. The van der Waals surface area contributed by atoms with Crippen LogP contribution in [0.15, 0.2) is 0 Å². The first-order valence-corrected chi connectivity index (χ1v) is 8.12. The molecule has 1 rings (SSSR count). The Balaban J connectivity index is 2.36. The van der Waals surface area contributed by atoms with Crippen LogP contribution in [-0.2, 0) is 12.8 Å². The fourth-order valence-corrected chi connectivity index (χ4v) is 2.60. The molecule has 0 aromatic carbocycles. The van der Waals surface area contributed by atoms with Crippen molar-refractivity contribution >= 4 is 11.3 Å². The Morgan fingerprint density at radius 3 is 2.32 bits per heavy atom. The molecule has 1 N–H and O–H groups in total. The predicted octanol–water partition coefficient (Wildman–Crippen LogP) is 3.55. The minimum absolute atomic E-state index is 0.338. The maximum absolute atomic E-state index is 4.32. The second kappa shape index (κ2) is 7.34. The minimum atomic E-state index is 0.338. The molecule has 3 nitrogen and oxygen atoms in total. The van der Waals surface area contributed by atoms with Gasteiger partial charge in [0.15, 0.2) is 0 Å². The van der Waals surface area contributed by atoms with Crippen molar-refractivity contribution in [1.29, 1.82) is 0 Å². The summed E-state index contributed by atoms with van der Waals surface area (Å²) in [6.07, 6.45) is 2.04. The maximum Gasteiger partial charge on any atom is 0.118 e. The Hall–Kier alpha value is -0.480. The highest BCUT2D eigenvalue weighted by Gasteiger charge is 2.21. The molecule has 19 heavy (non-hydrogen) atoms. The lowest BCUT2D eigenvalue weighted by Gasteiger charge is -2.26. The molecule has 0 amide bonds. The molecule has 0 spiro atoms. The van der Waals surface area contributed by atoms with E-state index in [9.17, 15) is 0 Å². The van der Waals surface area contributed by atoms with Crippen LogP contribution >= 0.6 is 11.3 Å². The van der Waals surface area contributed by atoms with Gasteiger partial charge < -0.3 is 5.32 Å². The summed E-state index contributed by atoms with van der Waals surface area (Å²) >= 11 is 1.77. The number of aromatic nitrogens is 2. The van der Waals surface area contributed by atoms with Gasteiger partial charge in [0, 0.05) is 19.4 Å². The highest BCUT2D eigenvalue weighted by Crippen LogP contribution is 2.29. The van der Waals surface area contributed by atoms with Gasteiger partial charge in [-0.15, -0.1) is 21.5 Å². The molecule has 0 saturated heterocycles. The minimum Gasteiger partial charge on any atom is -0.316 e. The smallest absolute Gasteiger partial charge is 0.118 e. The average molecular weight is 283 g/mol. The van der Waals surface area contributed by atoms with Crippen LogP contribution in [0.4, 0.5) is 0 Å². The molecule has 0 aliphatic heterocycles. The van der Waals surface area contributed by atoms with Crippen LogP contribution < -0.4 is 5.32 Å². The quantitative estimate of drug-likeness (QED) is 0.778. The van der Waals surface area contributed by atoms with Crippen molar-refractivity contribution in [3.05, 3.63) is 10.0 Å². The molecule has 0 radical (unpaired) electrons. The summed E-state index contributed by atoms with van der Waals surface area (Å²) in [7, 11) is 0. The molecule has 0 saturated carbocycles. The van der Waals surface area contributed by atoms with Crippen molar-refractivity contribution < 1.29 is 0 Å². The molecule has 0 aliphatic rings. The van der Waals surface area contributed by atoms with E-state index in [1.807, 2.05) is 0 Å². The first-order chi connectivity index (χ1) is 8.79. The Morgan fingerprint density at radius 2 is 1.74 bits per heavy atom. The predicted molar refractivity (Wildman–Crippen MR) is 83.6 cm³/mol. The van der Waals surface area contributed by atoms with E-state index in [-0.39, 0.29) is 0 Å². The van der Waals surface area contributed by atoms with E-state index in [1.165, 1.54) is 5.01 Å². The van der Waals surface area contributed by atoms with E-state index in [2.05, 4.69) is 57.1 Å². The van der Waals surface area contributed by atoms with Crippen molar-refractivity contribution in [2.75, 3.05) is 13.1 Å². The summed E-state index contributed by atoms with van der Waals surface area (Å²) in [4.78, 5) is 0. The van der Waals surface area contributed by atoms with Gasteiger partial charge in [-0.05, 0) is 23.8 Å². The van der Waals surface area contributed by atoms with Crippen LogP contribution in [0, 0.1) is 17.3 Å². The first-order valence-electron chi connectivity index (χ1n) is 7.31. The number of nitrogens with one attached hydrogen (secondary N) is 1. The van der Waals surface area contributed by atoms with Crippen LogP contribution in [0.5, 0.6) is 0 Å². The fourth-order valence-electron chi connectivity index (χ4n) is 1.63. The van der Waals surface area contributed by atoms with E-state index in [1.54, 1.807) is 11.3 Å². The number of hydrogen-bond acceptors (Lipinski definition) is 4. The van der Waals surface area contributed by atoms with Crippen molar-refractivity contribution in [2.24, 2.45) is 17.3 Å². The summed E-state index contributed by atoms with van der Waals surface area (Å²) < 4.78 is 0. The van der Waals surface area contributed by atoms with Gasteiger partial charge in [-0.3, -0.25) is 0 Å². The topological polar surface area (TPSA) is 37.8 Å². The lowest BCUT2D eigenvalue weighted by molar-refractivity contribution is 0.259. The van der Waals surface area contributed by atoms with Crippen LogP contribution in [0.1, 0.15) is 51.6 Å². The summed E-state index contributed by atoms with van der Waals surface area (Å²) in [6, 6.07) is 0. The Kier molecular flexibility index (Phi) is 6.40. The molecular weight excluding hydrogens is 254 g/mol. The number of rotatable bonds is 7. The Morgan fingerprint density at radius 1 is 1.11 bits per heavy atom. The highest BCUT2D eigenvalue weighted by atomic mass is 32.1. The van der Waals surface area contributed by atoms with Gasteiger partial charge >= 0.3 is 0 Å². The van der Waals surface area contributed by atoms with Gasteiger partial charge in [0.1, 0.15) is 10.0 Å². The third-order valence-electron chi connectivity index (χ3n) is 3.54. The molecule has 110 valence electrons. The molecule has 1 aromatic heterocycles. The van der Waals surface area contributed by atoms with E-state index in [0.717, 1.165) is 30.9 Å². The van der Waals surface area contributed by atoms with Crippen LogP contribution in [0.3, 0.4) is 0 Å². The zero-order valence-electron chi connectivity index (χ0n) is 13.3. The molecule has 4 heteroatoms. The van der Waals surface area contributed by atoms with Gasteiger partial charge in [-0.25, -0.2) is 0 Å². The van der Waals surface area contributed by atoms with Crippen molar-refractivity contribution in [3.63, 3.8) is 0 Å². The van der Waals surface area contributed by atoms with E-state index >= 15 is 0 Å². The van der Waals surface area contributed by atoms with Gasteiger partial charge in [-0.1, -0.05) is 41.5 Å². The summed E-state index contributed by atoms with van der Waals surface area (Å²) in [5, 5.41) is 14.4. The highest BCUT2D eigenvalue weighted by molar-refractivity contribution is 7.11. The molecule has 0 aliphatic carbocycles. The zero-order valence-corrected chi connectivity index (χ0v) is 14.1. The number of hydrogen-bond donors (Lipinski definition) is 1. The normalized spacial score (nSPS) is 14.1. The molecule has 0 bridgehead atoms. The molecular formula is C15H29N3S. The van der Waals surface area contributed by atoms with E-state index in [4.69, 9.17) is 0 Å². The van der Waals surface area contributed by atoms with E-state index < -0.39 is 0 Å². The van der Waals surface area contributed by atoms with Crippen LogP contribution in [0.25, 0.3) is 0 Å². The summed E-state index contributed by atoms with van der Waals surface area (Å²) in [5.74, 6) is 1.34. The second-order valence-corrected chi connectivity index (χ2v) is 8.06. The maximum atomic E-state index is 4.32. The zero-order chi connectivity index (χ0) is 14.5. The molecule has 1 unspecified atom stereocenters. The number of nitrogens with zero attached hydrogens (tertiary/aromatic N) is 2.